The molecule has 1 amide bonds. The van der Waals surface area contributed by atoms with Gasteiger partial charge in [-0.25, -0.2) is 9.59 Å². The molecule has 0 spiro atoms. The van der Waals surface area contributed by atoms with Gasteiger partial charge in [-0.1, -0.05) is 55.0 Å². The molecular formula is C23H23NO5. The molecule has 0 aliphatic heterocycles. The van der Waals surface area contributed by atoms with Crippen LogP contribution in [-0.2, 0) is 16.1 Å². The van der Waals surface area contributed by atoms with Crippen LogP contribution in [0.4, 0.5) is 0 Å². The minimum absolute atomic E-state index is 0.225. The number of ether oxygens (including phenoxy) is 1. The molecule has 0 radical (unpaired) electrons. The molecular weight excluding hydrogens is 370 g/mol. The number of amides is 1. The van der Waals surface area contributed by atoms with Crippen molar-refractivity contribution in [3.63, 3.8) is 0 Å². The van der Waals surface area contributed by atoms with E-state index in [1.165, 1.54) is 6.07 Å². The fraction of sp³-hybridized carbons (Fsp3) is 0.261. The Morgan fingerprint density at radius 2 is 1.79 bits per heavy atom. The van der Waals surface area contributed by atoms with Crippen molar-refractivity contribution < 1.29 is 18.7 Å². The van der Waals surface area contributed by atoms with Crippen LogP contribution in [0.3, 0.4) is 0 Å². The number of para-hydroxylation sites is 1. The van der Waals surface area contributed by atoms with Crippen molar-refractivity contribution >= 4 is 22.8 Å². The highest BCUT2D eigenvalue weighted by Crippen LogP contribution is 2.13. The van der Waals surface area contributed by atoms with Crippen LogP contribution >= 0.6 is 0 Å². The fourth-order valence-electron chi connectivity index (χ4n) is 2.98. The Hall–Kier alpha value is -3.41. The molecule has 150 valence electrons. The van der Waals surface area contributed by atoms with Crippen molar-refractivity contribution in [3.8, 4) is 0 Å². The highest BCUT2D eigenvalue weighted by atomic mass is 16.5. The summed E-state index contributed by atoms with van der Waals surface area (Å²) in [6.07, 6.45) is 0.778. The first kappa shape index (κ1) is 20.3. The number of hydrogen-bond donors (Lipinski definition) is 0. The SMILES string of the molecule is CCCN(Cc1ccc(C)cc1)C(=O)COC(=O)c1cc2ccccc2oc1=O. The van der Waals surface area contributed by atoms with Crippen LogP contribution in [0.5, 0.6) is 0 Å². The standard InChI is InChI=1S/C23H23NO5/c1-3-12-24(14-17-10-8-16(2)9-11-17)21(25)15-28-22(26)19-13-18-6-4-5-7-20(18)29-23(19)27/h4-11,13H,3,12,14-15H2,1-2H3. The van der Waals surface area contributed by atoms with Crippen LogP contribution in [-0.4, -0.2) is 29.9 Å². The molecule has 0 bridgehead atoms. The molecule has 0 N–H and O–H groups in total. The summed E-state index contributed by atoms with van der Waals surface area (Å²) in [5.41, 5.74) is 1.52. The van der Waals surface area contributed by atoms with Crippen molar-refractivity contribution in [3.05, 3.63) is 81.7 Å². The van der Waals surface area contributed by atoms with Crippen LogP contribution in [0, 0.1) is 6.92 Å². The zero-order valence-electron chi connectivity index (χ0n) is 16.5. The van der Waals surface area contributed by atoms with Gasteiger partial charge < -0.3 is 14.1 Å². The lowest BCUT2D eigenvalue weighted by Gasteiger charge is -2.22. The Kier molecular flexibility index (Phi) is 6.44. The largest absolute Gasteiger partial charge is 0.452 e. The summed E-state index contributed by atoms with van der Waals surface area (Å²) < 4.78 is 10.3. The molecule has 3 rings (SSSR count). The number of rotatable bonds is 7. The van der Waals surface area contributed by atoms with Gasteiger partial charge in [-0.3, -0.25) is 4.79 Å². The average Bonchev–Trinajstić information content (AvgIpc) is 2.72. The van der Waals surface area contributed by atoms with E-state index in [-0.39, 0.29) is 11.5 Å². The lowest BCUT2D eigenvalue weighted by Crippen LogP contribution is -2.35. The summed E-state index contributed by atoms with van der Waals surface area (Å²) in [5.74, 6) is -1.18. The normalized spacial score (nSPS) is 10.7. The lowest BCUT2D eigenvalue weighted by atomic mass is 10.1. The van der Waals surface area contributed by atoms with Gasteiger partial charge in [-0.05, 0) is 31.0 Å². The Morgan fingerprint density at radius 1 is 1.07 bits per heavy atom. The van der Waals surface area contributed by atoms with E-state index in [9.17, 15) is 14.4 Å². The zero-order chi connectivity index (χ0) is 20.8. The first-order chi connectivity index (χ1) is 14.0. The number of fused-ring (bicyclic) bond motifs is 1. The molecule has 0 aliphatic carbocycles. The Labute approximate surface area is 168 Å². The maximum Gasteiger partial charge on any atom is 0.351 e. The number of aryl methyl sites for hydroxylation is 1. The summed E-state index contributed by atoms with van der Waals surface area (Å²) in [6.45, 7) is 4.52. The van der Waals surface area contributed by atoms with Crippen molar-refractivity contribution in [1.82, 2.24) is 4.90 Å². The maximum atomic E-state index is 12.6. The van der Waals surface area contributed by atoms with Crippen molar-refractivity contribution in [2.24, 2.45) is 0 Å². The second-order valence-corrected chi connectivity index (χ2v) is 6.86. The molecule has 0 saturated carbocycles. The topological polar surface area (TPSA) is 76.8 Å². The molecule has 1 aromatic heterocycles. The molecule has 2 aromatic carbocycles. The molecule has 0 saturated heterocycles. The Morgan fingerprint density at radius 3 is 2.52 bits per heavy atom. The van der Waals surface area contributed by atoms with E-state index in [1.54, 1.807) is 29.2 Å². The molecule has 0 aliphatic rings. The van der Waals surface area contributed by atoms with Crippen LogP contribution < -0.4 is 5.63 Å². The van der Waals surface area contributed by atoms with Gasteiger partial charge in [-0.2, -0.15) is 0 Å². The third kappa shape index (κ3) is 5.10. The molecule has 0 atom stereocenters. The van der Waals surface area contributed by atoms with Gasteiger partial charge in [0.15, 0.2) is 6.61 Å². The van der Waals surface area contributed by atoms with Gasteiger partial charge in [0.05, 0.1) is 0 Å². The maximum absolute atomic E-state index is 12.6. The fourth-order valence-corrected chi connectivity index (χ4v) is 2.98. The first-order valence-electron chi connectivity index (χ1n) is 9.51. The number of carbonyl (C=O) groups is 2. The summed E-state index contributed by atoms with van der Waals surface area (Å²) in [7, 11) is 0. The van der Waals surface area contributed by atoms with Gasteiger partial charge in [0.2, 0.25) is 0 Å². The number of hydrogen-bond acceptors (Lipinski definition) is 5. The summed E-state index contributed by atoms with van der Waals surface area (Å²) in [6, 6.07) is 16.2. The van der Waals surface area contributed by atoms with Crippen LogP contribution in [0.25, 0.3) is 11.0 Å². The molecule has 1 heterocycles. The predicted molar refractivity (Wildman–Crippen MR) is 110 cm³/mol. The van der Waals surface area contributed by atoms with Crippen LogP contribution in [0.2, 0.25) is 0 Å². The van der Waals surface area contributed by atoms with E-state index in [4.69, 9.17) is 9.15 Å². The van der Waals surface area contributed by atoms with E-state index in [1.807, 2.05) is 38.1 Å². The lowest BCUT2D eigenvalue weighted by molar-refractivity contribution is -0.135. The van der Waals surface area contributed by atoms with E-state index in [0.29, 0.717) is 24.1 Å². The first-order valence-corrected chi connectivity index (χ1v) is 9.51. The van der Waals surface area contributed by atoms with E-state index >= 15 is 0 Å². The van der Waals surface area contributed by atoms with Gasteiger partial charge in [0.1, 0.15) is 11.1 Å². The summed E-state index contributed by atoms with van der Waals surface area (Å²) in [4.78, 5) is 38.6. The number of esters is 1. The van der Waals surface area contributed by atoms with Crippen molar-refractivity contribution in [2.75, 3.05) is 13.2 Å². The number of nitrogens with zero attached hydrogens (tertiary/aromatic N) is 1. The highest BCUT2D eigenvalue weighted by Gasteiger charge is 2.19. The van der Waals surface area contributed by atoms with Crippen molar-refractivity contribution in [2.45, 2.75) is 26.8 Å². The average molecular weight is 393 g/mol. The Bertz CT molecular complexity index is 1070. The van der Waals surface area contributed by atoms with Gasteiger partial charge in [0, 0.05) is 18.5 Å². The minimum atomic E-state index is -0.871. The number of carbonyl (C=O) groups excluding carboxylic acids is 2. The third-order valence-corrected chi connectivity index (χ3v) is 4.53. The van der Waals surface area contributed by atoms with Crippen molar-refractivity contribution in [1.29, 1.82) is 0 Å². The van der Waals surface area contributed by atoms with Crippen LogP contribution in [0.1, 0.15) is 34.8 Å². The summed E-state index contributed by atoms with van der Waals surface area (Å²) in [5, 5.41) is 0.609. The second-order valence-electron chi connectivity index (χ2n) is 6.86. The van der Waals surface area contributed by atoms with Gasteiger partial charge in [-0.15, -0.1) is 0 Å². The van der Waals surface area contributed by atoms with Gasteiger partial charge >= 0.3 is 11.6 Å². The van der Waals surface area contributed by atoms with E-state index in [2.05, 4.69) is 0 Å². The Balaban J connectivity index is 1.67. The molecule has 0 unspecified atom stereocenters. The summed E-state index contributed by atoms with van der Waals surface area (Å²) >= 11 is 0. The minimum Gasteiger partial charge on any atom is -0.452 e. The number of benzene rings is 2. The molecule has 6 nitrogen and oxygen atoms in total. The molecule has 29 heavy (non-hydrogen) atoms. The monoisotopic (exact) mass is 393 g/mol. The molecule has 6 heteroatoms. The quantitative estimate of drug-likeness (QED) is 0.452. The predicted octanol–water partition coefficient (Wildman–Crippen LogP) is 3.70. The second kappa shape index (κ2) is 9.19. The molecule has 3 aromatic rings. The van der Waals surface area contributed by atoms with Crippen LogP contribution in [0.15, 0.2) is 63.8 Å². The van der Waals surface area contributed by atoms with Gasteiger partial charge in [0.25, 0.3) is 5.91 Å². The highest BCUT2D eigenvalue weighted by molar-refractivity contribution is 5.94. The third-order valence-electron chi connectivity index (χ3n) is 4.53. The zero-order valence-corrected chi connectivity index (χ0v) is 16.5. The molecule has 0 fully saturated rings. The van der Waals surface area contributed by atoms with E-state index < -0.39 is 18.2 Å². The smallest absolute Gasteiger partial charge is 0.351 e. The van der Waals surface area contributed by atoms with E-state index in [0.717, 1.165) is 17.5 Å².